The summed E-state index contributed by atoms with van der Waals surface area (Å²) in [7, 11) is 0. The van der Waals surface area contributed by atoms with Crippen LogP contribution in [0.3, 0.4) is 0 Å². The molecule has 0 heterocycles. The third-order valence-electron chi connectivity index (χ3n) is 2.50. The maximum atomic E-state index is 11.0. The van der Waals surface area contributed by atoms with Crippen molar-refractivity contribution in [3.8, 4) is 0 Å². The molecule has 0 fully saturated rings. The molecule has 0 aromatic heterocycles. The Hall–Kier alpha value is -1.31. The molecule has 4 N–H and O–H groups in total. The minimum Gasteiger partial charge on any atom is -0.366 e. The lowest BCUT2D eigenvalue weighted by Crippen LogP contribution is -2.47. The van der Waals surface area contributed by atoms with Gasteiger partial charge in [0.15, 0.2) is 5.96 Å². The van der Waals surface area contributed by atoms with Crippen molar-refractivity contribution >= 4 is 35.8 Å². The lowest BCUT2D eigenvalue weighted by Gasteiger charge is -2.23. The summed E-state index contributed by atoms with van der Waals surface area (Å²) in [4.78, 5) is 15.5. The van der Waals surface area contributed by atoms with Crippen molar-refractivity contribution in [3.05, 3.63) is 35.4 Å². The van der Waals surface area contributed by atoms with Crippen molar-refractivity contribution < 1.29 is 4.79 Å². The van der Waals surface area contributed by atoms with E-state index in [4.69, 9.17) is 5.73 Å². The number of aliphatic imine (C=N–C) groups is 1. The van der Waals surface area contributed by atoms with E-state index in [9.17, 15) is 4.79 Å². The van der Waals surface area contributed by atoms with Crippen molar-refractivity contribution in [2.24, 2.45) is 10.7 Å². The number of halogens is 1. The summed E-state index contributed by atoms with van der Waals surface area (Å²) in [6.45, 7) is 9.64. The van der Waals surface area contributed by atoms with E-state index < -0.39 is 5.91 Å². The Morgan fingerprint density at radius 3 is 2.24 bits per heavy atom. The number of nitrogens with one attached hydrogen (secondary N) is 2. The van der Waals surface area contributed by atoms with Gasteiger partial charge in [-0.05, 0) is 45.4 Å². The van der Waals surface area contributed by atoms with Crippen LogP contribution in [-0.2, 0) is 6.54 Å². The average molecular weight is 404 g/mol. The first-order valence-corrected chi connectivity index (χ1v) is 6.77. The normalized spacial score (nSPS) is 11.5. The van der Waals surface area contributed by atoms with E-state index in [-0.39, 0.29) is 29.5 Å². The summed E-state index contributed by atoms with van der Waals surface area (Å²) in [6, 6.07) is 7.17. The van der Waals surface area contributed by atoms with Crippen molar-refractivity contribution in [1.82, 2.24) is 10.6 Å². The van der Waals surface area contributed by atoms with E-state index in [2.05, 4.69) is 36.4 Å². The Kier molecular flexibility index (Phi) is 8.31. The molecule has 0 atom stereocenters. The van der Waals surface area contributed by atoms with E-state index in [1.165, 1.54) is 0 Å². The molecule has 6 heteroatoms. The summed E-state index contributed by atoms with van der Waals surface area (Å²) >= 11 is 0. The van der Waals surface area contributed by atoms with Crippen LogP contribution >= 0.6 is 24.0 Å². The van der Waals surface area contributed by atoms with Crippen LogP contribution < -0.4 is 16.4 Å². The predicted octanol–water partition coefficient (Wildman–Crippen LogP) is 2.26. The number of guanidine groups is 1. The van der Waals surface area contributed by atoms with Gasteiger partial charge in [0.05, 0.1) is 6.54 Å². The van der Waals surface area contributed by atoms with Crippen molar-refractivity contribution in [1.29, 1.82) is 0 Å². The molecule has 0 aliphatic rings. The molecule has 1 amide bonds. The maximum Gasteiger partial charge on any atom is 0.248 e. The Balaban J connectivity index is 0.00000400. The SMILES string of the molecule is CCNC(=NCc1ccc(C(N)=O)cc1)NC(C)(C)C.I. The van der Waals surface area contributed by atoms with Crippen molar-refractivity contribution in [2.75, 3.05) is 6.54 Å². The molecule has 0 spiro atoms. The van der Waals surface area contributed by atoms with Gasteiger partial charge in [-0.2, -0.15) is 0 Å². The number of amides is 1. The molecule has 5 nitrogen and oxygen atoms in total. The van der Waals surface area contributed by atoms with Gasteiger partial charge in [0.25, 0.3) is 0 Å². The average Bonchev–Trinajstić information content (AvgIpc) is 2.35. The van der Waals surface area contributed by atoms with E-state index >= 15 is 0 Å². The molecule has 0 radical (unpaired) electrons. The first-order chi connectivity index (χ1) is 9.31. The van der Waals surface area contributed by atoms with Crippen LogP contribution in [0.2, 0.25) is 0 Å². The van der Waals surface area contributed by atoms with Crippen LogP contribution in [-0.4, -0.2) is 24.0 Å². The van der Waals surface area contributed by atoms with Crippen LogP contribution in [0.4, 0.5) is 0 Å². The highest BCUT2D eigenvalue weighted by Crippen LogP contribution is 2.05. The number of carbonyl (C=O) groups excluding carboxylic acids is 1. The number of nitrogens with zero attached hydrogens (tertiary/aromatic N) is 1. The fourth-order valence-electron chi connectivity index (χ4n) is 1.61. The molecular formula is C15H25IN4O. The van der Waals surface area contributed by atoms with Crippen molar-refractivity contribution in [3.63, 3.8) is 0 Å². The summed E-state index contributed by atoms with van der Waals surface area (Å²) < 4.78 is 0. The van der Waals surface area contributed by atoms with Gasteiger partial charge >= 0.3 is 0 Å². The minimum atomic E-state index is -0.414. The van der Waals surface area contributed by atoms with Gasteiger partial charge in [-0.15, -0.1) is 24.0 Å². The number of hydrogen-bond acceptors (Lipinski definition) is 2. The number of benzene rings is 1. The molecule has 0 saturated heterocycles. The van der Waals surface area contributed by atoms with E-state index in [0.717, 1.165) is 18.1 Å². The third-order valence-corrected chi connectivity index (χ3v) is 2.50. The highest BCUT2D eigenvalue weighted by atomic mass is 127. The molecule has 1 rings (SSSR count). The van der Waals surface area contributed by atoms with Crippen LogP contribution in [0.25, 0.3) is 0 Å². The maximum absolute atomic E-state index is 11.0. The number of hydrogen-bond donors (Lipinski definition) is 3. The van der Waals surface area contributed by atoms with E-state index in [1.54, 1.807) is 12.1 Å². The molecule has 1 aromatic rings. The first-order valence-electron chi connectivity index (χ1n) is 6.77. The van der Waals surface area contributed by atoms with Crippen LogP contribution in [0.5, 0.6) is 0 Å². The van der Waals surface area contributed by atoms with Gasteiger partial charge in [-0.1, -0.05) is 12.1 Å². The third kappa shape index (κ3) is 7.89. The second kappa shape index (κ2) is 8.86. The number of nitrogens with two attached hydrogens (primary N) is 1. The Morgan fingerprint density at radius 1 is 1.24 bits per heavy atom. The quantitative estimate of drug-likeness (QED) is 0.409. The fraction of sp³-hybridized carbons (Fsp3) is 0.467. The molecular weight excluding hydrogens is 379 g/mol. The van der Waals surface area contributed by atoms with E-state index in [1.807, 2.05) is 19.1 Å². The van der Waals surface area contributed by atoms with Gasteiger partial charge in [-0.3, -0.25) is 4.79 Å². The Morgan fingerprint density at radius 2 is 1.81 bits per heavy atom. The molecule has 118 valence electrons. The van der Waals surface area contributed by atoms with E-state index in [0.29, 0.717) is 12.1 Å². The zero-order valence-corrected chi connectivity index (χ0v) is 15.4. The van der Waals surface area contributed by atoms with Crippen LogP contribution in [0, 0.1) is 0 Å². The zero-order valence-electron chi connectivity index (χ0n) is 13.1. The smallest absolute Gasteiger partial charge is 0.248 e. The van der Waals surface area contributed by atoms with Crippen molar-refractivity contribution in [2.45, 2.75) is 39.8 Å². The molecule has 1 aromatic carbocycles. The highest BCUT2D eigenvalue weighted by molar-refractivity contribution is 14.0. The summed E-state index contributed by atoms with van der Waals surface area (Å²) in [5.74, 6) is 0.363. The van der Waals surface area contributed by atoms with Crippen LogP contribution in [0.1, 0.15) is 43.6 Å². The van der Waals surface area contributed by atoms with Gasteiger partial charge in [-0.25, -0.2) is 4.99 Å². The lowest BCUT2D eigenvalue weighted by atomic mass is 10.1. The summed E-state index contributed by atoms with van der Waals surface area (Å²) in [6.07, 6.45) is 0. The summed E-state index contributed by atoms with van der Waals surface area (Å²) in [5.41, 5.74) is 6.70. The standard InChI is InChI=1S/C15H24N4O.HI/c1-5-17-14(19-15(2,3)4)18-10-11-6-8-12(9-7-11)13(16)20;/h6-9H,5,10H2,1-4H3,(H2,16,20)(H2,17,18,19);1H. The minimum absolute atomic E-state index is 0. The first kappa shape index (κ1) is 19.7. The van der Waals surface area contributed by atoms with Gasteiger partial charge in [0, 0.05) is 17.6 Å². The molecule has 0 aliphatic carbocycles. The molecule has 0 unspecified atom stereocenters. The molecule has 0 bridgehead atoms. The molecule has 0 aliphatic heterocycles. The van der Waals surface area contributed by atoms with Gasteiger partial charge in [0.2, 0.25) is 5.91 Å². The lowest BCUT2D eigenvalue weighted by molar-refractivity contribution is 0.100. The summed E-state index contributed by atoms with van der Waals surface area (Å²) in [5, 5.41) is 6.53. The highest BCUT2D eigenvalue weighted by Gasteiger charge is 2.11. The number of rotatable bonds is 4. The number of carbonyl (C=O) groups is 1. The van der Waals surface area contributed by atoms with Gasteiger partial charge < -0.3 is 16.4 Å². The zero-order chi connectivity index (χ0) is 15.2. The Bertz CT molecular complexity index is 477. The molecule has 21 heavy (non-hydrogen) atoms. The van der Waals surface area contributed by atoms with Gasteiger partial charge in [0.1, 0.15) is 0 Å². The largest absolute Gasteiger partial charge is 0.366 e. The second-order valence-electron chi connectivity index (χ2n) is 5.63. The van der Waals surface area contributed by atoms with Crippen LogP contribution in [0.15, 0.2) is 29.3 Å². The monoisotopic (exact) mass is 404 g/mol. The fourth-order valence-corrected chi connectivity index (χ4v) is 1.61. The molecule has 0 saturated carbocycles. The second-order valence-corrected chi connectivity index (χ2v) is 5.63. The topological polar surface area (TPSA) is 79.5 Å². The Labute approximate surface area is 143 Å². The number of primary amides is 1. The predicted molar refractivity (Wildman–Crippen MR) is 98.1 cm³/mol.